The Labute approximate surface area is 159 Å². The van der Waals surface area contributed by atoms with Gasteiger partial charge in [-0.05, 0) is 36.4 Å². The van der Waals surface area contributed by atoms with Crippen LogP contribution in [0.2, 0.25) is 0 Å². The largest absolute Gasteiger partial charge is 0.493 e. The first-order valence-electron chi connectivity index (χ1n) is 8.32. The van der Waals surface area contributed by atoms with Crippen LogP contribution in [0.3, 0.4) is 0 Å². The van der Waals surface area contributed by atoms with Crippen LogP contribution < -0.4 is 10.5 Å². The van der Waals surface area contributed by atoms with Crippen molar-refractivity contribution < 1.29 is 13.5 Å². The number of hydrogen-bond donors (Lipinski definition) is 2. The zero-order valence-corrected chi connectivity index (χ0v) is 14.8. The molecule has 8 heteroatoms. The van der Waals surface area contributed by atoms with Crippen LogP contribution in [0.1, 0.15) is 0 Å². The quantitative estimate of drug-likeness (QED) is 0.558. The summed E-state index contributed by atoms with van der Waals surface area (Å²) in [5.41, 5.74) is 8.22. The molecule has 0 aliphatic rings. The Balaban J connectivity index is 1.93. The molecule has 0 amide bonds. The molecule has 3 heterocycles. The van der Waals surface area contributed by atoms with Gasteiger partial charge < -0.3 is 15.5 Å². The summed E-state index contributed by atoms with van der Waals surface area (Å²) in [6.45, 7) is 0. The second-order valence-corrected chi connectivity index (χ2v) is 5.98. The highest BCUT2D eigenvalue weighted by atomic mass is 19.1. The second kappa shape index (κ2) is 7.07. The van der Waals surface area contributed by atoms with Crippen molar-refractivity contribution in [1.82, 2.24) is 19.9 Å². The molecule has 3 N–H and O–H groups in total. The first kappa shape index (κ1) is 17.6. The van der Waals surface area contributed by atoms with Gasteiger partial charge in [-0.1, -0.05) is 0 Å². The number of ether oxygens (including phenoxy) is 1. The fraction of sp³-hybridized carbons (Fsp3) is 0.0500. The predicted molar refractivity (Wildman–Crippen MR) is 101 cm³/mol. The van der Waals surface area contributed by atoms with Gasteiger partial charge in [0.1, 0.15) is 11.6 Å². The third kappa shape index (κ3) is 3.16. The first-order valence-corrected chi connectivity index (χ1v) is 8.32. The van der Waals surface area contributed by atoms with Crippen LogP contribution in [0.25, 0.3) is 33.9 Å². The van der Waals surface area contributed by atoms with Crippen molar-refractivity contribution in [1.29, 1.82) is 0 Å². The summed E-state index contributed by atoms with van der Waals surface area (Å²) in [5.74, 6) is 0.203. The van der Waals surface area contributed by atoms with E-state index in [0.717, 1.165) is 6.20 Å². The SMILES string of the molecule is COc1cc(-c2[nH]c(-c3ccc(F)cc3)nc2-c2ccncc2F)cnc1N. The highest BCUT2D eigenvalue weighted by Crippen LogP contribution is 2.35. The fourth-order valence-corrected chi connectivity index (χ4v) is 2.84. The van der Waals surface area contributed by atoms with Gasteiger partial charge in [-0.3, -0.25) is 4.98 Å². The Bertz CT molecular complexity index is 1140. The summed E-state index contributed by atoms with van der Waals surface area (Å²) >= 11 is 0. The molecule has 0 fully saturated rings. The van der Waals surface area contributed by atoms with Crippen molar-refractivity contribution in [2.24, 2.45) is 0 Å². The minimum absolute atomic E-state index is 0.237. The van der Waals surface area contributed by atoms with E-state index in [1.807, 2.05) is 0 Å². The van der Waals surface area contributed by atoms with E-state index in [1.165, 1.54) is 31.5 Å². The molecule has 1 aromatic carbocycles. The molecule has 0 atom stereocenters. The van der Waals surface area contributed by atoms with Crippen LogP contribution in [0.4, 0.5) is 14.6 Å². The number of aromatic amines is 1. The molecule has 0 bridgehead atoms. The van der Waals surface area contributed by atoms with E-state index in [-0.39, 0.29) is 17.2 Å². The van der Waals surface area contributed by atoms with Crippen molar-refractivity contribution in [3.05, 3.63) is 66.6 Å². The van der Waals surface area contributed by atoms with Gasteiger partial charge in [0.2, 0.25) is 0 Å². The lowest BCUT2D eigenvalue weighted by Crippen LogP contribution is -1.96. The second-order valence-electron chi connectivity index (χ2n) is 5.98. The zero-order chi connectivity index (χ0) is 19.7. The predicted octanol–water partition coefficient (Wildman–Crippen LogP) is 4.07. The number of nitrogens with zero attached hydrogens (tertiary/aromatic N) is 3. The van der Waals surface area contributed by atoms with Crippen LogP contribution in [0.5, 0.6) is 5.75 Å². The topological polar surface area (TPSA) is 89.7 Å². The highest BCUT2D eigenvalue weighted by molar-refractivity contribution is 5.82. The minimum atomic E-state index is -0.517. The van der Waals surface area contributed by atoms with Gasteiger partial charge in [-0.15, -0.1) is 0 Å². The van der Waals surface area contributed by atoms with Crippen LogP contribution >= 0.6 is 0 Å². The van der Waals surface area contributed by atoms with Crippen molar-refractivity contribution in [3.8, 4) is 39.7 Å². The molecular formula is C20H15F2N5O. The average molecular weight is 379 g/mol. The average Bonchev–Trinajstić information content (AvgIpc) is 3.14. The van der Waals surface area contributed by atoms with Crippen LogP contribution in [-0.4, -0.2) is 27.0 Å². The highest BCUT2D eigenvalue weighted by Gasteiger charge is 2.19. The normalized spacial score (nSPS) is 10.8. The minimum Gasteiger partial charge on any atom is -0.493 e. The number of imidazole rings is 1. The van der Waals surface area contributed by atoms with Crippen LogP contribution in [0.15, 0.2) is 55.0 Å². The molecular weight excluding hydrogens is 364 g/mol. The third-order valence-corrected chi connectivity index (χ3v) is 4.24. The third-order valence-electron chi connectivity index (χ3n) is 4.24. The number of rotatable bonds is 4. The monoisotopic (exact) mass is 379 g/mol. The summed E-state index contributed by atoms with van der Waals surface area (Å²) in [4.78, 5) is 15.6. The van der Waals surface area contributed by atoms with Gasteiger partial charge >= 0.3 is 0 Å². The summed E-state index contributed by atoms with van der Waals surface area (Å²) in [6.07, 6.45) is 4.14. The molecule has 28 heavy (non-hydrogen) atoms. The number of aromatic nitrogens is 4. The van der Waals surface area contributed by atoms with Gasteiger partial charge in [0.15, 0.2) is 17.4 Å². The Morgan fingerprint density at radius 1 is 1.04 bits per heavy atom. The molecule has 4 rings (SSSR count). The van der Waals surface area contributed by atoms with Gasteiger partial charge in [0.25, 0.3) is 0 Å². The number of anilines is 1. The standard InChI is InChI=1S/C20H15F2N5O/c1-28-16-8-12(9-25-19(16)23)17-18(14-6-7-24-10-15(14)22)27-20(26-17)11-2-4-13(21)5-3-11/h2-10H,1H3,(H2,23,25)(H,26,27). The van der Waals surface area contributed by atoms with Crippen molar-refractivity contribution in [2.75, 3.05) is 12.8 Å². The maximum Gasteiger partial charge on any atom is 0.166 e. The lowest BCUT2D eigenvalue weighted by molar-refractivity contribution is 0.415. The van der Waals surface area contributed by atoms with E-state index in [1.54, 1.807) is 24.4 Å². The molecule has 0 aliphatic carbocycles. The van der Waals surface area contributed by atoms with Gasteiger partial charge in [0.05, 0.1) is 24.7 Å². The van der Waals surface area contributed by atoms with E-state index in [2.05, 4.69) is 19.9 Å². The van der Waals surface area contributed by atoms with E-state index >= 15 is 0 Å². The Hall–Kier alpha value is -3.81. The van der Waals surface area contributed by atoms with Gasteiger partial charge in [0, 0.05) is 29.1 Å². The molecule has 0 saturated carbocycles. The zero-order valence-electron chi connectivity index (χ0n) is 14.8. The molecule has 4 aromatic rings. The maximum absolute atomic E-state index is 14.4. The summed E-state index contributed by atoms with van der Waals surface area (Å²) < 4.78 is 32.9. The molecule has 0 unspecified atom stereocenters. The van der Waals surface area contributed by atoms with Crippen molar-refractivity contribution >= 4 is 5.82 Å². The smallest absolute Gasteiger partial charge is 0.166 e. The van der Waals surface area contributed by atoms with E-state index in [4.69, 9.17) is 10.5 Å². The van der Waals surface area contributed by atoms with Crippen LogP contribution in [-0.2, 0) is 0 Å². The van der Waals surface area contributed by atoms with Gasteiger partial charge in [-0.2, -0.15) is 0 Å². The van der Waals surface area contributed by atoms with Crippen molar-refractivity contribution in [3.63, 3.8) is 0 Å². The molecule has 0 saturated heterocycles. The Morgan fingerprint density at radius 3 is 2.54 bits per heavy atom. The number of nitrogens with one attached hydrogen (secondary N) is 1. The Kier molecular flexibility index (Phi) is 4.44. The summed E-state index contributed by atoms with van der Waals surface area (Å²) in [6, 6.07) is 9.06. The molecule has 0 spiro atoms. The number of methoxy groups -OCH3 is 1. The first-order chi connectivity index (χ1) is 13.6. The molecule has 0 radical (unpaired) electrons. The number of nitrogens with two attached hydrogens (primary N) is 1. The number of nitrogen functional groups attached to an aromatic ring is 1. The molecule has 3 aromatic heterocycles. The lowest BCUT2D eigenvalue weighted by Gasteiger charge is -2.07. The number of H-pyrrole nitrogens is 1. The summed E-state index contributed by atoms with van der Waals surface area (Å²) in [7, 11) is 1.48. The molecule has 0 aliphatic heterocycles. The number of benzene rings is 1. The number of halogens is 2. The van der Waals surface area contributed by atoms with Crippen molar-refractivity contribution in [2.45, 2.75) is 0 Å². The fourth-order valence-electron chi connectivity index (χ4n) is 2.84. The van der Waals surface area contributed by atoms with Gasteiger partial charge in [-0.25, -0.2) is 18.7 Å². The number of pyridine rings is 2. The van der Waals surface area contributed by atoms with E-state index < -0.39 is 5.82 Å². The molecule has 6 nitrogen and oxygen atoms in total. The van der Waals surface area contributed by atoms with Crippen LogP contribution in [0, 0.1) is 11.6 Å². The molecule has 140 valence electrons. The lowest BCUT2D eigenvalue weighted by atomic mass is 10.1. The Morgan fingerprint density at radius 2 is 1.82 bits per heavy atom. The number of hydrogen-bond acceptors (Lipinski definition) is 5. The maximum atomic E-state index is 14.4. The summed E-state index contributed by atoms with van der Waals surface area (Å²) in [5, 5.41) is 0. The van der Waals surface area contributed by atoms with E-state index in [9.17, 15) is 8.78 Å². The van der Waals surface area contributed by atoms with E-state index in [0.29, 0.717) is 34.1 Å².